The molecule has 1 amide bonds. The molecule has 5 rings (SSSR count). The second-order valence-corrected chi connectivity index (χ2v) is 7.81. The Bertz CT molecular complexity index is 1200. The maximum Gasteiger partial charge on any atom is 0.256 e. The molecule has 0 N–H and O–H groups in total. The summed E-state index contributed by atoms with van der Waals surface area (Å²) in [5.74, 6) is 0.795. The Morgan fingerprint density at radius 2 is 1.84 bits per heavy atom. The van der Waals surface area contributed by atoms with Gasteiger partial charge in [-0.15, -0.1) is 0 Å². The molecule has 1 saturated heterocycles. The van der Waals surface area contributed by atoms with E-state index in [-0.39, 0.29) is 18.1 Å². The van der Waals surface area contributed by atoms with Crippen LogP contribution in [0.25, 0.3) is 16.5 Å². The first-order valence-electron chi connectivity index (χ1n) is 10.5. The van der Waals surface area contributed by atoms with Crippen LogP contribution in [0, 0.1) is 0 Å². The monoisotopic (exact) mass is 413 g/mol. The van der Waals surface area contributed by atoms with E-state index in [4.69, 9.17) is 4.74 Å². The number of hydrogen-bond acceptors (Lipinski definition) is 5. The molecule has 0 saturated carbocycles. The number of pyridine rings is 1. The minimum absolute atomic E-state index is 0.0316. The van der Waals surface area contributed by atoms with E-state index in [1.165, 1.54) is 4.80 Å². The van der Waals surface area contributed by atoms with E-state index in [1.54, 1.807) is 18.6 Å². The van der Waals surface area contributed by atoms with Crippen LogP contribution in [-0.2, 0) is 0 Å². The summed E-state index contributed by atoms with van der Waals surface area (Å²) >= 11 is 0. The lowest BCUT2D eigenvalue weighted by Crippen LogP contribution is -2.49. The number of aromatic nitrogens is 4. The Hall–Kier alpha value is -3.74. The van der Waals surface area contributed by atoms with E-state index in [0.717, 1.165) is 29.4 Å². The maximum absolute atomic E-state index is 13.5. The quantitative estimate of drug-likeness (QED) is 0.508. The molecule has 156 valence electrons. The van der Waals surface area contributed by atoms with E-state index in [0.29, 0.717) is 17.8 Å². The number of piperidine rings is 1. The average molecular weight is 413 g/mol. The van der Waals surface area contributed by atoms with Gasteiger partial charge >= 0.3 is 0 Å². The summed E-state index contributed by atoms with van der Waals surface area (Å²) in [6.07, 6.45) is 8.52. The SMILES string of the molecule is C[C@@H]1CC[C@@H](Oc2cccc3cnccc23)CN1C(=O)c1ccccc1-n1nccn1. The number of likely N-dealkylation sites (tertiary alicyclic amines) is 1. The van der Waals surface area contributed by atoms with Crippen LogP contribution in [0.15, 0.2) is 73.3 Å². The fourth-order valence-electron chi connectivity index (χ4n) is 4.15. The number of amides is 1. The molecule has 7 nitrogen and oxygen atoms in total. The molecule has 7 heteroatoms. The topological polar surface area (TPSA) is 73.1 Å². The average Bonchev–Trinajstić information content (AvgIpc) is 3.35. The van der Waals surface area contributed by atoms with Gasteiger partial charge in [-0.2, -0.15) is 15.0 Å². The molecule has 1 aliphatic heterocycles. The van der Waals surface area contributed by atoms with Crippen LogP contribution < -0.4 is 4.74 Å². The molecule has 3 heterocycles. The maximum atomic E-state index is 13.5. The van der Waals surface area contributed by atoms with Crippen molar-refractivity contribution in [2.45, 2.75) is 31.9 Å². The first-order valence-corrected chi connectivity index (χ1v) is 10.5. The number of hydrogen-bond donors (Lipinski definition) is 0. The molecule has 4 aromatic rings. The lowest BCUT2D eigenvalue weighted by atomic mass is 9.99. The number of para-hydroxylation sites is 1. The molecule has 1 fully saturated rings. The molecule has 31 heavy (non-hydrogen) atoms. The lowest BCUT2D eigenvalue weighted by Gasteiger charge is -2.38. The fourth-order valence-corrected chi connectivity index (χ4v) is 4.15. The number of ether oxygens (including phenoxy) is 1. The van der Waals surface area contributed by atoms with Gasteiger partial charge in [-0.25, -0.2) is 0 Å². The Kier molecular flexibility index (Phi) is 5.08. The Morgan fingerprint density at radius 1 is 1.00 bits per heavy atom. The Balaban J connectivity index is 1.40. The highest BCUT2D eigenvalue weighted by molar-refractivity contribution is 5.98. The van der Waals surface area contributed by atoms with Crippen LogP contribution >= 0.6 is 0 Å². The van der Waals surface area contributed by atoms with Crippen molar-refractivity contribution in [2.24, 2.45) is 0 Å². The number of carbonyl (C=O) groups is 1. The molecular weight excluding hydrogens is 390 g/mol. The summed E-state index contributed by atoms with van der Waals surface area (Å²) < 4.78 is 6.38. The second-order valence-electron chi connectivity index (χ2n) is 7.81. The molecule has 2 aromatic carbocycles. The Morgan fingerprint density at radius 3 is 2.71 bits per heavy atom. The van der Waals surface area contributed by atoms with Crippen LogP contribution in [-0.4, -0.2) is 49.5 Å². The van der Waals surface area contributed by atoms with E-state index in [9.17, 15) is 4.79 Å². The van der Waals surface area contributed by atoms with Gasteiger partial charge in [-0.1, -0.05) is 24.3 Å². The molecule has 0 spiro atoms. The zero-order valence-corrected chi connectivity index (χ0v) is 17.3. The second kappa shape index (κ2) is 8.18. The van der Waals surface area contributed by atoms with Crippen LogP contribution in [0.2, 0.25) is 0 Å². The normalized spacial score (nSPS) is 18.8. The highest BCUT2D eigenvalue weighted by Gasteiger charge is 2.32. The summed E-state index contributed by atoms with van der Waals surface area (Å²) in [4.78, 5) is 21.1. The largest absolute Gasteiger partial charge is 0.488 e. The summed E-state index contributed by atoms with van der Waals surface area (Å²) in [6.45, 7) is 2.62. The number of carbonyl (C=O) groups excluding carboxylic acids is 1. The number of nitrogens with zero attached hydrogens (tertiary/aromatic N) is 5. The molecular formula is C24H23N5O2. The third-order valence-electron chi connectivity index (χ3n) is 5.80. The van der Waals surface area contributed by atoms with Crippen LogP contribution in [0.3, 0.4) is 0 Å². The van der Waals surface area contributed by atoms with Gasteiger partial charge in [-0.05, 0) is 44.0 Å². The molecule has 0 radical (unpaired) electrons. The van der Waals surface area contributed by atoms with E-state index in [2.05, 4.69) is 22.1 Å². The van der Waals surface area contributed by atoms with Crippen molar-refractivity contribution in [2.75, 3.05) is 6.54 Å². The first-order chi connectivity index (χ1) is 15.2. The molecule has 2 atom stereocenters. The van der Waals surface area contributed by atoms with Crippen molar-refractivity contribution in [3.63, 3.8) is 0 Å². The van der Waals surface area contributed by atoms with Gasteiger partial charge in [0.25, 0.3) is 5.91 Å². The predicted octanol–water partition coefficient (Wildman–Crippen LogP) is 3.89. The van der Waals surface area contributed by atoms with E-state index in [1.807, 2.05) is 59.6 Å². The highest BCUT2D eigenvalue weighted by Crippen LogP contribution is 2.29. The molecule has 0 bridgehead atoms. The van der Waals surface area contributed by atoms with Gasteiger partial charge in [-0.3, -0.25) is 9.78 Å². The number of rotatable bonds is 4. The summed E-state index contributed by atoms with van der Waals surface area (Å²) in [5, 5.41) is 10.5. The predicted molar refractivity (Wildman–Crippen MR) is 117 cm³/mol. The zero-order chi connectivity index (χ0) is 21.2. The van der Waals surface area contributed by atoms with Gasteiger partial charge < -0.3 is 9.64 Å². The lowest BCUT2D eigenvalue weighted by molar-refractivity contribution is 0.0388. The summed E-state index contributed by atoms with van der Waals surface area (Å²) in [5.41, 5.74) is 1.26. The van der Waals surface area contributed by atoms with Crippen molar-refractivity contribution < 1.29 is 9.53 Å². The van der Waals surface area contributed by atoms with Crippen molar-refractivity contribution >= 4 is 16.7 Å². The van der Waals surface area contributed by atoms with Crippen molar-refractivity contribution in [3.8, 4) is 11.4 Å². The summed E-state index contributed by atoms with van der Waals surface area (Å²) in [7, 11) is 0. The third kappa shape index (κ3) is 3.74. The molecule has 0 unspecified atom stereocenters. The minimum atomic E-state index is -0.0751. The molecule has 2 aromatic heterocycles. The van der Waals surface area contributed by atoms with Gasteiger partial charge in [0.2, 0.25) is 0 Å². The highest BCUT2D eigenvalue weighted by atomic mass is 16.5. The first kappa shape index (κ1) is 19.2. The summed E-state index contributed by atoms with van der Waals surface area (Å²) in [6, 6.07) is 15.5. The minimum Gasteiger partial charge on any atom is -0.488 e. The number of fused-ring (bicyclic) bond motifs is 1. The van der Waals surface area contributed by atoms with Gasteiger partial charge in [0.05, 0.1) is 30.2 Å². The van der Waals surface area contributed by atoms with E-state index >= 15 is 0 Å². The third-order valence-corrected chi connectivity index (χ3v) is 5.80. The smallest absolute Gasteiger partial charge is 0.256 e. The zero-order valence-electron chi connectivity index (χ0n) is 17.3. The van der Waals surface area contributed by atoms with E-state index < -0.39 is 0 Å². The van der Waals surface area contributed by atoms with Crippen LogP contribution in [0.5, 0.6) is 5.75 Å². The number of benzene rings is 2. The van der Waals surface area contributed by atoms with Crippen LogP contribution in [0.4, 0.5) is 0 Å². The Labute approximate surface area is 180 Å². The van der Waals surface area contributed by atoms with Crippen LogP contribution in [0.1, 0.15) is 30.1 Å². The molecule has 0 aliphatic carbocycles. The van der Waals surface area contributed by atoms with Crippen molar-refractivity contribution in [3.05, 3.63) is 78.9 Å². The van der Waals surface area contributed by atoms with Crippen molar-refractivity contribution in [1.29, 1.82) is 0 Å². The van der Waals surface area contributed by atoms with Gasteiger partial charge in [0.1, 0.15) is 11.9 Å². The van der Waals surface area contributed by atoms with Crippen molar-refractivity contribution in [1.82, 2.24) is 24.9 Å². The fraction of sp³-hybridized carbons (Fsp3) is 0.250. The van der Waals surface area contributed by atoms with Gasteiger partial charge in [0, 0.05) is 29.2 Å². The van der Waals surface area contributed by atoms with Gasteiger partial charge in [0.15, 0.2) is 0 Å². The molecule has 1 aliphatic rings. The standard InChI is InChI=1S/C24H23N5O2/c1-17-9-10-19(31-23-8-4-5-18-15-25-12-11-20(18)23)16-28(17)24(30)21-6-2-3-7-22(21)29-26-13-14-27-29/h2-8,11-15,17,19H,9-10,16H2,1H3/t17-,19-/m1/s1.